The summed E-state index contributed by atoms with van der Waals surface area (Å²) in [5, 5.41) is 0. The molecule has 1 heterocycles. The minimum Gasteiger partial charge on any atom is -0.371 e. The Balaban J connectivity index is 2.51. The topological polar surface area (TPSA) is 49.5 Å². The zero-order chi connectivity index (χ0) is 15.4. The monoisotopic (exact) mass is 320 g/mol. The minimum absolute atomic E-state index is 0.191. The summed E-state index contributed by atoms with van der Waals surface area (Å²) in [5.41, 5.74) is 0. The Hall–Kier alpha value is 0.0169. The third-order valence-electron chi connectivity index (χ3n) is 3.18. The van der Waals surface area contributed by atoms with Crippen molar-refractivity contribution in [3.05, 3.63) is 0 Å². The molecule has 126 valence electrons. The van der Waals surface area contributed by atoms with Gasteiger partial charge in [-0.1, -0.05) is 40.0 Å². The molecule has 21 heavy (non-hydrogen) atoms. The van der Waals surface area contributed by atoms with Gasteiger partial charge in [0.25, 0.3) is 0 Å². The molecule has 1 aliphatic heterocycles. The van der Waals surface area contributed by atoms with Gasteiger partial charge in [0, 0.05) is 19.8 Å². The van der Waals surface area contributed by atoms with E-state index in [0.717, 1.165) is 45.1 Å². The van der Waals surface area contributed by atoms with Crippen LogP contribution in [0.2, 0.25) is 0 Å². The van der Waals surface area contributed by atoms with Crippen molar-refractivity contribution in [1.29, 1.82) is 0 Å². The van der Waals surface area contributed by atoms with E-state index in [1.54, 1.807) is 0 Å². The fraction of sp³-hybridized carbons (Fsp3) is 1.00. The molecule has 5 nitrogen and oxygen atoms in total. The molecule has 0 aromatic heterocycles. The van der Waals surface area contributed by atoms with Crippen LogP contribution in [0.5, 0.6) is 0 Å². The summed E-state index contributed by atoms with van der Waals surface area (Å²) in [4.78, 5) is 0. The molecule has 0 amide bonds. The van der Waals surface area contributed by atoms with Crippen molar-refractivity contribution in [2.24, 2.45) is 0 Å². The van der Waals surface area contributed by atoms with Gasteiger partial charge < -0.3 is 22.4 Å². The van der Waals surface area contributed by atoms with Crippen LogP contribution in [0.15, 0.2) is 0 Å². The summed E-state index contributed by atoms with van der Waals surface area (Å²) >= 11 is 0. The van der Waals surface area contributed by atoms with E-state index in [1.807, 2.05) is 0 Å². The highest BCUT2D eigenvalue weighted by Gasteiger charge is 2.47. The van der Waals surface area contributed by atoms with Crippen LogP contribution in [-0.4, -0.2) is 48.2 Å². The Morgan fingerprint density at radius 1 is 0.810 bits per heavy atom. The van der Waals surface area contributed by atoms with Crippen LogP contribution in [0.1, 0.15) is 59.3 Å². The fourth-order valence-electron chi connectivity index (χ4n) is 1.63. The van der Waals surface area contributed by atoms with Gasteiger partial charge in [0.15, 0.2) is 0 Å². The molecule has 0 saturated carbocycles. The van der Waals surface area contributed by atoms with Crippen molar-refractivity contribution < 1.29 is 22.4 Å². The number of unbranched alkanes of at least 4 members (excludes halogenated alkanes) is 3. The van der Waals surface area contributed by atoms with Crippen molar-refractivity contribution in [3.63, 3.8) is 0 Å². The number of ether oxygens (including phenoxy) is 1. The Morgan fingerprint density at radius 3 is 1.57 bits per heavy atom. The molecular formula is C15H32O5Si. The first-order valence-corrected chi connectivity index (χ1v) is 10.1. The van der Waals surface area contributed by atoms with E-state index < -0.39 is 9.05 Å². The van der Waals surface area contributed by atoms with Gasteiger partial charge in [0.05, 0.1) is 13.2 Å². The van der Waals surface area contributed by atoms with Crippen LogP contribution in [0, 0.1) is 0 Å². The maximum absolute atomic E-state index is 5.96. The van der Waals surface area contributed by atoms with E-state index in [4.69, 9.17) is 22.4 Å². The highest BCUT2D eigenvalue weighted by molar-refractivity contribution is 6.53. The fourth-order valence-corrected chi connectivity index (χ4v) is 3.71. The average Bonchev–Trinajstić information content (AvgIpc) is 3.30. The van der Waals surface area contributed by atoms with Crippen LogP contribution in [0.4, 0.5) is 0 Å². The predicted molar refractivity (Wildman–Crippen MR) is 84.0 cm³/mol. The molecule has 6 heteroatoms. The molecule has 0 bridgehead atoms. The first kappa shape index (κ1) is 19.1. The van der Waals surface area contributed by atoms with Crippen LogP contribution in [0.3, 0.4) is 0 Å². The number of epoxide rings is 1. The normalized spacial score (nSPS) is 18.1. The second-order valence-corrected chi connectivity index (χ2v) is 7.53. The van der Waals surface area contributed by atoms with E-state index in [1.165, 1.54) is 0 Å². The van der Waals surface area contributed by atoms with Crippen molar-refractivity contribution in [2.45, 2.75) is 65.4 Å². The molecule has 1 unspecified atom stereocenters. The molecule has 0 N–H and O–H groups in total. The summed E-state index contributed by atoms with van der Waals surface area (Å²) < 4.78 is 29.0. The molecule has 0 radical (unpaired) electrons. The standard InChI is InChI=1S/C15H32O5Si/c1-4-7-10-17-21(18-11-8-5-2,19-12-9-6-3)20-14-15-13-16-15/h15H,4-14H2,1-3H3. The Labute approximate surface area is 130 Å². The van der Waals surface area contributed by atoms with Gasteiger partial charge in [-0.2, -0.15) is 0 Å². The molecule has 0 aromatic rings. The first-order chi connectivity index (χ1) is 10.3. The number of hydrogen-bond donors (Lipinski definition) is 0. The lowest BCUT2D eigenvalue weighted by Crippen LogP contribution is -2.50. The number of hydrogen-bond acceptors (Lipinski definition) is 5. The van der Waals surface area contributed by atoms with Crippen molar-refractivity contribution >= 4 is 9.05 Å². The lowest BCUT2D eigenvalue weighted by Gasteiger charge is -2.28. The van der Waals surface area contributed by atoms with Gasteiger partial charge in [-0.3, -0.25) is 0 Å². The van der Waals surface area contributed by atoms with Gasteiger partial charge in [-0.25, -0.2) is 0 Å². The SMILES string of the molecule is CCCCO[Si](OCCCC)(OCCCC)OCC1CO1. The van der Waals surface area contributed by atoms with Crippen LogP contribution >= 0.6 is 0 Å². The highest BCUT2D eigenvalue weighted by Crippen LogP contribution is 2.18. The van der Waals surface area contributed by atoms with Crippen LogP contribution < -0.4 is 0 Å². The zero-order valence-electron chi connectivity index (χ0n) is 13.9. The van der Waals surface area contributed by atoms with Gasteiger partial charge >= 0.3 is 9.05 Å². The summed E-state index contributed by atoms with van der Waals surface area (Å²) in [6.45, 7) is 9.59. The lowest BCUT2D eigenvalue weighted by molar-refractivity contribution is -0.0388. The Kier molecular flexibility index (Phi) is 10.5. The van der Waals surface area contributed by atoms with E-state index in [2.05, 4.69) is 20.8 Å². The quantitative estimate of drug-likeness (QED) is 0.263. The van der Waals surface area contributed by atoms with E-state index >= 15 is 0 Å². The van der Waals surface area contributed by atoms with Gasteiger partial charge in [-0.05, 0) is 19.3 Å². The molecule has 1 rings (SSSR count). The average molecular weight is 321 g/mol. The largest absolute Gasteiger partial charge is 0.679 e. The third kappa shape index (κ3) is 8.90. The Morgan fingerprint density at radius 2 is 1.24 bits per heavy atom. The van der Waals surface area contributed by atoms with E-state index in [-0.39, 0.29) is 6.10 Å². The van der Waals surface area contributed by atoms with Gasteiger partial charge in [0.1, 0.15) is 6.10 Å². The van der Waals surface area contributed by atoms with E-state index in [0.29, 0.717) is 26.4 Å². The summed E-state index contributed by atoms with van der Waals surface area (Å²) in [7, 11) is -3.01. The molecule has 1 fully saturated rings. The summed E-state index contributed by atoms with van der Waals surface area (Å²) in [6.07, 6.45) is 6.42. The molecule has 1 aliphatic rings. The van der Waals surface area contributed by atoms with Gasteiger partial charge in [-0.15, -0.1) is 0 Å². The second kappa shape index (κ2) is 11.6. The molecular weight excluding hydrogens is 288 g/mol. The molecule has 0 aromatic carbocycles. The Bertz CT molecular complexity index is 222. The van der Waals surface area contributed by atoms with Crippen molar-refractivity contribution in [1.82, 2.24) is 0 Å². The maximum atomic E-state index is 5.96. The smallest absolute Gasteiger partial charge is 0.371 e. The van der Waals surface area contributed by atoms with Gasteiger partial charge in [0.2, 0.25) is 0 Å². The highest BCUT2D eigenvalue weighted by atomic mass is 28.4. The van der Waals surface area contributed by atoms with Crippen molar-refractivity contribution in [2.75, 3.05) is 33.0 Å². The van der Waals surface area contributed by atoms with Crippen LogP contribution in [0.25, 0.3) is 0 Å². The maximum Gasteiger partial charge on any atom is 0.679 e. The zero-order valence-corrected chi connectivity index (χ0v) is 14.9. The molecule has 1 saturated heterocycles. The lowest BCUT2D eigenvalue weighted by atomic mass is 10.4. The minimum atomic E-state index is -3.01. The molecule has 0 aliphatic carbocycles. The van der Waals surface area contributed by atoms with Crippen LogP contribution in [-0.2, 0) is 22.4 Å². The summed E-state index contributed by atoms with van der Waals surface area (Å²) in [6, 6.07) is 0. The third-order valence-corrected chi connectivity index (χ3v) is 5.37. The first-order valence-electron chi connectivity index (χ1n) is 8.43. The number of rotatable bonds is 15. The molecule has 1 atom stereocenters. The molecule has 0 spiro atoms. The second-order valence-electron chi connectivity index (χ2n) is 5.37. The van der Waals surface area contributed by atoms with E-state index in [9.17, 15) is 0 Å². The van der Waals surface area contributed by atoms with Crippen molar-refractivity contribution in [3.8, 4) is 0 Å². The predicted octanol–water partition coefficient (Wildman–Crippen LogP) is 3.29. The summed E-state index contributed by atoms with van der Waals surface area (Å²) in [5.74, 6) is 0.